The molecule has 0 saturated carbocycles. The van der Waals surface area contributed by atoms with Gasteiger partial charge in [-0.15, -0.1) is 0 Å². The van der Waals surface area contributed by atoms with Crippen LogP contribution in [-0.4, -0.2) is 9.55 Å². The first kappa shape index (κ1) is 13.1. The molecule has 2 aromatic carbocycles. The molecule has 3 rings (SSSR count). The van der Waals surface area contributed by atoms with Crippen LogP contribution >= 0.6 is 23.2 Å². The quantitative estimate of drug-likeness (QED) is 0.697. The Bertz CT molecular complexity index is 775. The lowest BCUT2D eigenvalue weighted by atomic mass is 10.3. The van der Waals surface area contributed by atoms with Gasteiger partial charge in [0.1, 0.15) is 0 Å². The fourth-order valence-corrected chi connectivity index (χ4v) is 2.54. The molecule has 1 aromatic heterocycles. The highest BCUT2D eigenvalue weighted by Gasteiger charge is 2.11. The fraction of sp³-hybridized carbons (Fsp3) is 0.0714. The topological polar surface area (TPSA) is 55.9 Å². The predicted molar refractivity (Wildman–Crippen MR) is 84.9 cm³/mol. The largest absolute Gasteiger partial charge is 0.399 e. The summed E-state index contributed by atoms with van der Waals surface area (Å²) in [5, 5.41) is 4.26. The molecule has 20 heavy (non-hydrogen) atoms. The molecule has 3 N–H and O–H groups in total. The van der Waals surface area contributed by atoms with Gasteiger partial charge in [0.15, 0.2) is 0 Å². The molecule has 0 spiro atoms. The van der Waals surface area contributed by atoms with Crippen molar-refractivity contribution in [3.8, 4) is 0 Å². The first-order valence-corrected chi connectivity index (χ1v) is 6.75. The first-order valence-electron chi connectivity index (χ1n) is 5.99. The number of imidazole rings is 1. The monoisotopic (exact) mass is 306 g/mol. The average Bonchev–Trinajstić information content (AvgIpc) is 2.71. The molecule has 102 valence electrons. The van der Waals surface area contributed by atoms with Crippen LogP contribution in [0.1, 0.15) is 0 Å². The molecule has 0 aliphatic carbocycles. The number of nitrogens with one attached hydrogen (secondary N) is 1. The van der Waals surface area contributed by atoms with Crippen molar-refractivity contribution in [1.82, 2.24) is 9.55 Å². The Hall–Kier alpha value is -1.91. The van der Waals surface area contributed by atoms with Gasteiger partial charge in [0.05, 0.1) is 26.8 Å². The number of rotatable bonds is 2. The zero-order valence-electron chi connectivity index (χ0n) is 10.7. The number of aryl methyl sites for hydroxylation is 1. The van der Waals surface area contributed by atoms with Crippen LogP contribution in [0.25, 0.3) is 11.0 Å². The third-order valence-corrected chi connectivity index (χ3v) is 3.73. The molecule has 0 unspecified atom stereocenters. The summed E-state index contributed by atoms with van der Waals surface area (Å²) < 4.78 is 1.91. The molecule has 4 nitrogen and oxygen atoms in total. The first-order chi connectivity index (χ1) is 9.56. The SMILES string of the molecule is Cn1c(Nc2c(Cl)cccc2Cl)nc2ccc(N)cc21. The van der Waals surface area contributed by atoms with E-state index in [9.17, 15) is 0 Å². The number of hydrogen-bond acceptors (Lipinski definition) is 3. The van der Waals surface area contributed by atoms with Crippen molar-refractivity contribution >= 4 is 51.6 Å². The second kappa shape index (κ2) is 4.89. The molecule has 0 radical (unpaired) electrons. The molecule has 0 saturated heterocycles. The molecule has 6 heteroatoms. The van der Waals surface area contributed by atoms with E-state index in [1.807, 2.05) is 29.8 Å². The third-order valence-electron chi connectivity index (χ3n) is 3.10. The van der Waals surface area contributed by atoms with E-state index in [0.717, 1.165) is 11.0 Å². The molecule has 0 amide bonds. The van der Waals surface area contributed by atoms with Crippen molar-refractivity contribution in [2.75, 3.05) is 11.1 Å². The summed E-state index contributed by atoms with van der Waals surface area (Å²) in [7, 11) is 1.90. The number of nitrogen functional groups attached to an aromatic ring is 1. The van der Waals surface area contributed by atoms with Crippen LogP contribution in [0.4, 0.5) is 17.3 Å². The lowest BCUT2D eigenvalue weighted by Gasteiger charge is -2.09. The van der Waals surface area contributed by atoms with Crippen LogP contribution in [0, 0.1) is 0 Å². The number of anilines is 3. The Morgan fingerprint density at radius 3 is 2.55 bits per heavy atom. The minimum atomic E-state index is 0.545. The van der Waals surface area contributed by atoms with Crippen LogP contribution in [-0.2, 0) is 7.05 Å². The van der Waals surface area contributed by atoms with Gasteiger partial charge in [-0.05, 0) is 30.3 Å². The van der Waals surface area contributed by atoms with Crippen molar-refractivity contribution in [2.45, 2.75) is 0 Å². The van der Waals surface area contributed by atoms with Gasteiger partial charge in [-0.2, -0.15) is 0 Å². The van der Waals surface area contributed by atoms with E-state index in [2.05, 4.69) is 10.3 Å². The average molecular weight is 307 g/mol. The Morgan fingerprint density at radius 2 is 1.85 bits per heavy atom. The van der Waals surface area contributed by atoms with E-state index in [-0.39, 0.29) is 0 Å². The van der Waals surface area contributed by atoms with Gasteiger partial charge in [0, 0.05) is 12.7 Å². The minimum Gasteiger partial charge on any atom is -0.399 e. The summed E-state index contributed by atoms with van der Waals surface area (Å²) in [6.45, 7) is 0. The predicted octanol–water partition coefficient (Wildman–Crippen LogP) is 4.21. The summed E-state index contributed by atoms with van der Waals surface area (Å²) >= 11 is 12.3. The van der Waals surface area contributed by atoms with E-state index in [1.165, 1.54) is 0 Å². The summed E-state index contributed by atoms with van der Waals surface area (Å²) in [6.07, 6.45) is 0. The highest BCUT2D eigenvalue weighted by molar-refractivity contribution is 6.39. The fourth-order valence-electron chi connectivity index (χ4n) is 2.05. The highest BCUT2D eigenvalue weighted by Crippen LogP contribution is 2.33. The van der Waals surface area contributed by atoms with Crippen molar-refractivity contribution in [1.29, 1.82) is 0 Å². The molecule has 0 bridgehead atoms. The van der Waals surface area contributed by atoms with Crippen molar-refractivity contribution in [2.24, 2.45) is 7.05 Å². The number of aromatic nitrogens is 2. The molecular weight excluding hydrogens is 295 g/mol. The Balaban J connectivity index is 2.09. The summed E-state index contributed by atoms with van der Waals surface area (Å²) in [4.78, 5) is 4.51. The van der Waals surface area contributed by atoms with Crippen LogP contribution in [0.5, 0.6) is 0 Å². The zero-order chi connectivity index (χ0) is 14.3. The lowest BCUT2D eigenvalue weighted by Crippen LogP contribution is -2.00. The smallest absolute Gasteiger partial charge is 0.208 e. The van der Waals surface area contributed by atoms with E-state index < -0.39 is 0 Å². The highest BCUT2D eigenvalue weighted by atomic mass is 35.5. The van der Waals surface area contributed by atoms with Crippen molar-refractivity contribution < 1.29 is 0 Å². The third kappa shape index (κ3) is 2.17. The van der Waals surface area contributed by atoms with Gasteiger partial charge in [-0.3, -0.25) is 0 Å². The maximum atomic E-state index is 6.15. The molecule has 0 aliphatic rings. The van der Waals surface area contributed by atoms with Gasteiger partial charge >= 0.3 is 0 Å². The number of para-hydroxylation sites is 1. The van der Waals surface area contributed by atoms with Gasteiger partial charge in [0.2, 0.25) is 5.95 Å². The van der Waals surface area contributed by atoms with Gasteiger partial charge in [-0.1, -0.05) is 29.3 Å². The molecule has 1 heterocycles. The molecule has 0 atom stereocenters. The van der Waals surface area contributed by atoms with Crippen LogP contribution < -0.4 is 11.1 Å². The minimum absolute atomic E-state index is 0.545. The van der Waals surface area contributed by atoms with Crippen LogP contribution in [0.2, 0.25) is 10.0 Å². The van der Waals surface area contributed by atoms with Crippen LogP contribution in [0.3, 0.4) is 0 Å². The summed E-state index contributed by atoms with van der Waals surface area (Å²) in [5.41, 5.74) is 8.93. The Labute approximate surface area is 126 Å². The Kier molecular flexibility index (Phi) is 3.20. The van der Waals surface area contributed by atoms with E-state index in [0.29, 0.717) is 27.4 Å². The normalized spacial score (nSPS) is 10.9. The van der Waals surface area contributed by atoms with Gasteiger partial charge in [0.25, 0.3) is 0 Å². The van der Waals surface area contributed by atoms with E-state index >= 15 is 0 Å². The zero-order valence-corrected chi connectivity index (χ0v) is 12.2. The molecule has 3 aromatic rings. The second-order valence-corrected chi connectivity index (χ2v) is 5.28. The number of fused-ring (bicyclic) bond motifs is 1. The van der Waals surface area contributed by atoms with E-state index in [4.69, 9.17) is 28.9 Å². The van der Waals surface area contributed by atoms with Crippen LogP contribution in [0.15, 0.2) is 36.4 Å². The summed E-state index contributed by atoms with van der Waals surface area (Å²) in [5.74, 6) is 0.653. The summed E-state index contributed by atoms with van der Waals surface area (Å²) in [6, 6.07) is 10.9. The van der Waals surface area contributed by atoms with Crippen molar-refractivity contribution in [3.05, 3.63) is 46.4 Å². The molecule has 0 fully saturated rings. The number of nitrogens with zero attached hydrogens (tertiary/aromatic N) is 2. The number of hydrogen-bond donors (Lipinski definition) is 2. The number of halogens is 2. The van der Waals surface area contributed by atoms with Gasteiger partial charge in [-0.25, -0.2) is 4.98 Å². The van der Waals surface area contributed by atoms with Crippen molar-refractivity contribution in [3.63, 3.8) is 0 Å². The maximum absolute atomic E-state index is 6.15. The standard InChI is InChI=1S/C14H12Cl2N4/c1-20-12-7-8(17)5-6-11(12)18-14(20)19-13-9(15)3-2-4-10(13)16/h2-7H,17H2,1H3,(H,18,19). The molecule has 0 aliphatic heterocycles. The lowest BCUT2D eigenvalue weighted by molar-refractivity contribution is 0.958. The molecular formula is C14H12Cl2N4. The van der Waals surface area contributed by atoms with E-state index in [1.54, 1.807) is 18.2 Å². The van der Waals surface area contributed by atoms with Gasteiger partial charge < -0.3 is 15.6 Å². The Morgan fingerprint density at radius 1 is 1.15 bits per heavy atom. The number of nitrogens with two attached hydrogens (primary N) is 1. The number of benzene rings is 2. The second-order valence-electron chi connectivity index (χ2n) is 4.46. The maximum Gasteiger partial charge on any atom is 0.208 e.